The summed E-state index contributed by atoms with van der Waals surface area (Å²) in [5, 5.41) is 6.41. The fourth-order valence-corrected chi connectivity index (χ4v) is 3.03. The molecule has 3 rings (SSSR count). The molecule has 2 aromatic rings. The Kier molecular flexibility index (Phi) is 3.92. The summed E-state index contributed by atoms with van der Waals surface area (Å²) < 4.78 is 2.04. The van der Waals surface area contributed by atoms with Gasteiger partial charge in [-0.15, -0.1) is 0 Å². The molecule has 2 atom stereocenters. The molecule has 1 aliphatic rings. The maximum absolute atomic E-state index is 12.3. The normalized spacial score (nSPS) is 22.4. The average molecular weight is 286 g/mol. The van der Waals surface area contributed by atoms with Crippen molar-refractivity contribution in [2.75, 3.05) is 6.54 Å². The number of piperidine rings is 1. The molecular formula is C16H22N4O. The molecule has 1 aromatic heterocycles. The molecule has 1 aromatic carbocycles. The highest BCUT2D eigenvalue weighted by Crippen LogP contribution is 2.17. The number of para-hydroxylation sites is 2. The molecule has 21 heavy (non-hydrogen) atoms. The second-order valence-corrected chi connectivity index (χ2v) is 5.87. The number of aryl methyl sites for hydroxylation is 1. The van der Waals surface area contributed by atoms with Gasteiger partial charge in [-0.3, -0.25) is 4.79 Å². The van der Waals surface area contributed by atoms with Crippen molar-refractivity contribution in [2.24, 2.45) is 13.0 Å². The number of benzene rings is 1. The van der Waals surface area contributed by atoms with Crippen molar-refractivity contribution in [1.29, 1.82) is 0 Å². The predicted molar refractivity (Wildman–Crippen MR) is 82.7 cm³/mol. The van der Waals surface area contributed by atoms with Gasteiger partial charge in [-0.1, -0.05) is 12.1 Å². The quantitative estimate of drug-likeness (QED) is 0.900. The van der Waals surface area contributed by atoms with Gasteiger partial charge in [0.25, 0.3) is 0 Å². The van der Waals surface area contributed by atoms with E-state index in [1.807, 2.05) is 35.9 Å². The number of aromatic nitrogens is 2. The van der Waals surface area contributed by atoms with Crippen LogP contribution in [0, 0.1) is 5.92 Å². The summed E-state index contributed by atoms with van der Waals surface area (Å²) in [6.45, 7) is 3.54. The van der Waals surface area contributed by atoms with Crippen LogP contribution in [0.1, 0.15) is 25.6 Å². The number of hydrogen-bond acceptors (Lipinski definition) is 3. The van der Waals surface area contributed by atoms with E-state index in [0.717, 1.165) is 36.2 Å². The van der Waals surface area contributed by atoms with Crippen LogP contribution in [-0.4, -0.2) is 28.0 Å². The van der Waals surface area contributed by atoms with E-state index in [0.29, 0.717) is 12.6 Å². The second kappa shape index (κ2) is 5.85. The lowest BCUT2D eigenvalue weighted by atomic mass is 9.92. The first kappa shape index (κ1) is 14.1. The fraction of sp³-hybridized carbons (Fsp3) is 0.500. The largest absolute Gasteiger partial charge is 0.349 e. The van der Waals surface area contributed by atoms with Crippen LogP contribution in [0.25, 0.3) is 11.0 Å². The Morgan fingerprint density at radius 1 is 1.48 bits per heavy atom. The third-order valence-electron chi connectivity index (χ3n) is 4.29. The molecule has 0 radical (unpaired) electrons. The predicted octanol–water partition coefficient (Wildman–Crippen LogP) is 1.58. The van der Waals surface area contributed by atoms with Crippen molar-refractivity contribution in [3.8, 4) is 0 Å². The van der Waals surface area contributed by atoms with Crippen molar-refractivity contribution in [2.45, 2.75) is 32.4 Å². The van der Waals surface area contributed by atoms with Crippen molar-refractivity contribution < 1.29 is 4.79 Å². The minimum Gasteiger partial charge on any atom is -0.349 e. The van der Waals surface area contributed by atoms with E-state index in [2.05, 4.69) is 22.5 Å². The van der Waals surface area contributed by atoms with Crippen LogP contribution < -0.4 is 10.6 Å². The third kappa shape index (κ3) is 2.93. The Labute approximate surface area is 124 Å². The van der Waals surface area contributed by atoms with Gasteiger partial charge in [-0.2, -0.15) is 0 Å². The summed E-state index contributed by atoms with van der Waals surface area (Å²) in [5.41, 5.74) is 2.07. The monoisotopic (exact) mass is 286 g/mol. The highest BCUT2D eigenvalue weighted by atomic mass is 16.1. The first-order valence-corrected chi connectivity index (χ1v) is 7.56. The molecule has 0 aliphatic carbocycles. The van der Waals surface area contributed by atoms with Crippen LogP contribution in [0.4, 0.5) is 0 Å². The maximum atomic E-state index is 12.3. The molecular weight excluding hydrogens is 264 g/mol. The van der Waals surface area contributed by atoms with E-state index in [1.165, 1.54) is 0 Å². The Morgan fingerprint density at radius 2 is 2.29 bits per heavy atom. The van der Waals surface area contributed by atoms with E-state index in [-0.39, 0.29) is 11.8 Å². The number of rotatable bonds is 3. The molecule has 0 bridgehead atoms. The van der Waals surface area contributed by atoms with E-state index in [9.17, 15) is 4.79 Å². The molecule has 2 heterocycles. The Morgan fingerprint density at radius 3 is 3.05 bits per heavy atom. The van der Waals surface area contributed by atoms with Crippen LogP contribution in [0.5, 0.6) is 0 Å². The zero-order chi connectivity index (χ0) is 14.8. The zero-order valence-corrected chi connectivity index (χ0v) is 12.6. The average Bonchev–Trinajstić information content (AvgIpc) is 2.82. The molecule has 2 N–H and O–H groups in total. The van der Waals surface area contributed by atoms with Crippen LogP contribution >= 0.6 is 0 Å². The lowest BCUT2D eigenvalue weighted by Gasteiger charge is -2.27. The third-order valence-corrected chi connectivity index (χ3v) is 4.29. The minimum absolute atomic E-state index is 0.121. The smallest absolute Gasteiger partial charge is 0.223 e. The summed E-state index contributed by atoms with van der Waals surface area (Å²) in [7, 11) is 1.99. The van der Waals surface area contributed by atoms with Gasteiger partial charge in [0.2, 0.25) is 5.91 Å². The Bertz CT molecular complexity index is 649. The highest BCUT2D eigenvalue weighted by Gasteiger charge is 2.24. The van der Waals surface area contributed by atoms with Crippen molar-refractivity contribution in [3.05, 3.63) is 30.1 Å². The number of amides is 1. The highest BCUT2D eigenvalue weighted by molar-refractivity contribution is 5.79. The second-order valence-electron chi connectivity index (χ2n) is 5.87. The van der Waals surface area contributed by atoms with Gasteiger partial charge in [-0.05, 0) is 38.4 Å². The summed E-state index contributed by atoms with van der Waals surface area (Å²) in [6.07, 6.45) is 1.83. The molecule has 5 nitrogen and oxygen atoms in total. The van der Waals surface area contributed by atoms with E-state index in [1.54, 1.807) is 0 Å². The maximum Gasteiger partial charge on any atom is 0.223 e. The van der Waals surface area contributed by atoms with Crippen molar-refractivity contribution in [1.82, 2.24) is 20.2 Å². The molecule has 1 amide bonds. The molecule has 112 valence electrons. The molecule has 0 saturated carbocycles. The number of imidazole rings is 1. The number of nitrogens with zero attached hydrogens (tertiary/aromatic N) is 2. The molecule has 1 fully saturated rings. The summed E-state index contributed by atoms with van der Waals surface area (Å²) in [6, 6.07) is 8.44. The number of fused-ring (bicyclic) bond motifs is 1. The minimum atomic E-state index is 0.121. The molecule has 1 aliphatic heterocycles. The Hall–Kier alpha value is -1.88. The van der Waals surface area contributed by atoms with Gasteiger partial charge in [0, 0.05) is 19.0 Å². The van der Waals surface area contributed by atoms with E-state index < -0.39 is 0 Å². The van der Waals surface area contributed by atoms with Crippen LogP contribution in [0.3, 0.4) is 0 Å². The van der Waals surface area contributed by atoms with Gasteiger partial charge >= 0.3 is 0 Å². The van der Waals surface area contributed by atoms with Gasteiger partial charge in [0.1, 0.15) is 5.82 Å². The molecule has 1 saturated heterocycles. The van der Waals surface area contributed by atoms with Crippen molar-refractivity contribution >= 4 is 16.9 Å². The summed E-state index contributed by atoms with van der Waals surface area (Å²) in [4.78, 5) is 16.8. The first-order chi connectivity index (χ1) is 10.1. The number of nitrogens with one attached hydrogen (secondary N) is 2. The molecule has 0 spiro atoms. The van der Waals surface area contributed by atoms with E-state index >= 15 is 0 Å². The van der Waals surface area contributed by atoms with E-state index in [4.69, 9.17) is 0 Å². The molecule has 5 heteroatoms. The van der Waals surface area contributed by atoms with Crippen molar-refractivity contribution in [3.63, 3.8) is 0 Å². The molecule has 0 unspecified atom stereocenters. The number of hydrogen-bond donors (Lipinski definition) is 2. The van der Waals surface area contributed by atoms with Gasteiger partial charge in [0.05, 0.1) is 17.6 Å². The first-order valence-electron chi connectivity index (χ1n) is 7.56. The SMILES string of the molecule is C[C@H]1C[C@@H](C(=O)NCc2nc3ccccc3n2C)CCN1. The summed E-state index contributed by atoms with van der Waals surface area (Å²) >= 11 is 0. The van der Waals surface area contributed by atoms with Crippen LogP contribution in [0.15, 0.2) is 24.3 Å². The Balaban J connectivity index is 1.66. The van der Waals surface area contributed by atoms with Gasteiger partial charge < -0.3 is 15.2 Å². The lowest BCUT2D eigenvalue weighted by Crippen LogP contribution is -2.42. The van der Waals surface area contributed by atoms with Crippen LogP contribution in [-0.2, 0) is 18.4 Å². The standard InChI is InChI=1S/C16H22N4O/c1-11-9-12(7-8-17-11)16(21)18-10-15-19-13-5-3-4-6-14(13)20(15)2/h3-6,11-12,17H,7-10H2,1-2H3,(H,18,21)/t11-,12-/m0/s1. The summed E-state index contributed by atoms with van der Waals surface area (Å²) in [5.74, 6) is 1.16. The number of carbonyl (C=O) groups excluding carboxylic acids is 1. The van der Waals surface area contributed by atoms with Gasteiger partial charge in [0.15, 0.2) is 0 Å². The number of carbonyl (C=O) groups is 1. The van der Waals surface area contributed by atoms with Gasteiger partial charge in [-0.25, -0.2) is 4.98 Å². The zero-order valence-electron chi connectivity index (χ0n) is 12.6. The lowest BCUT2D eigenvalue weighted by molar-refractivity contribution is -0.126. The fourth-order valence-electron chi connectivity index (χ4n) is 3.03. The topological polar surface area (TPSA) is 59.0 Å². The van der Waals surface area contributed by atoms with Crippen LogP contribution in [0.2, 0.25) is 0 Å².